The molecule has 100 valence electrons. The highest BCUT2D eigenvalue weighted by atomic mass is 16.5. The van der Waals surface area contributed by atoms with Gasteiger partial charge in [-0.2, -0.15) is 0 Å². The zero-order valence-electron chi connectivity index (χ0n) is 11.5. The monoisotopic (exact) mass is 248 g/mol. The Morgan fingerprint density at radius 1 is 1.28 bits per heavy atom. The van der Waals surface area contributed by atoms with Crippen molar-refractivity contribution in [3.63, 3.8) is 0 Å². The molecule has 1 N–H and O–H groups in total. The fourth-order valence-corrected chi connectivity index (χ4v) is 2.88. The maximum Gasteiger partial charge on any atom is 0.0841 e. The summed E-state index contributed by atoms with van der Waals surface area (Å²) in [4.78, 5) is 0. The molecular weight excluding hydrogens is 224 g/mol. The van der Waals surface area contributed by atoms with Gasteiger partial charge in [0.25, 0.3) is 0 Å². The number of aliphatic hydroxyl groups excluding tert-OH is 1. The van der Waals surface area contributed by atoms with E-state index in [0.717, 1.165) is 12.8 Å². The van der Waals surface area contributed by atoms with E-state index in [9.17, 15) is 5.11 Å². The molecule has 0 spiro atoms. The molecule has 2 heteroatoms. The molecule has 1 aliphatic carbocycles. The molecule has 0 fully saturated rings. The Bertz CT molecular complexity index is 387. The Morgan fingerprint density at radius 3 is 2.78 bits per heavy atom. The number of ether oxygens (including phenoxy) is 1. The van der Waals surface area contributed by atoms with Crippen LogP contribution in [0.25, 0.3) is 0 Å². The normalized spacial score (nSPS) is 17.5. The first-order chi connectivity index (χ1) is 8.74. The van der Waals surface area contributed by atoms with Crippen molar-refractivity contribution in [2.75, 3.05) is 7.11 Å². The van der Waals surface area contributed by atoms with Crippen molar-refractivity contribution in [2.24, 2.45) is 0 Å². The molecule has 2 unspecified atom stereocenters. The van der Waals surface area contributed by atoms with E-state index >= 15 is 0 Å². The number of benzene rings is 1. The van der Waals surface area contributed by atoms with Gasteiger partial charge in [0.2, 0.25) is 0 Å². The predicted octanol–water partition coefficient (Wildman–Crippen LogP) is 2.89. The van der Waals surface area contributed by atoms with E-state index in [1.807, 2.05) is 0 Å². The van der Waals surface area contributed by atoms with E-state index in [2.05, 4.69) is 25.1 Å². The highest BCUT2D eigenvalue weighted by molar-refractivity contribution is 5.35. The van der Waals surface area contributed by atoms with E-state index in [0.29, 0.717) is 6.42 Å². The Hall–Kier alpha value is -0.860. The molecule has 1 aromatic carbocycles. The SMILES string of the molecule is CCCC(OC)C(O)Cc1ccc2c(c1)CCC2. The summed E-state index contributed by atoms with van der Waals surface area (Å²) in [5, 5.41) is 10.2. The van der Waals surface area contributed by atoms with Gasteiger partial charge in [0.05, 0.1) is 12.2 Å². The smallest absolute Gasteiger partial charge is 0.0841 e. The third-order valence-electron chi connectivity index (χ3n) is 3.91. The van der Waals surface area contributed by atoms with Crippen LogP contribution >= 0.6 is 0 Å². The van der Waals surface area contributed by atoms with Crippen LogP contribution in [0.1, 0.15) is 42.9 Å². The molecule has 1 aliphatic rings. The summed E-state index contributed by atoms with van der Waals surface area (Å²) < 4.78 is 5.37. The van der Waals surface area contributed by atoms with Gasteiger partial charge in [-0.05, 0) is 42.4 Å². The lowest BCUT2D eigenvalue weighted by atomic mass is 9.98. The van der Waals surface area contributed by atoms with Gasteiger partial charge in [-0.1, -0.05) is 31.5 Å². The number of aryl methyl sites for hydroxylation is 2. The summed E-state index contributed by atoms with van der Waals surface area (Å²) in [6.45, 7) is 2.12. The molecule has 2 atom stereocenters. The molecule has 0 radical (unpaired) electrons. The number of aliphatic hydroxyl groups is 1. The second-order valence-corrected chi connectivity index (χ2v) is 5.29. The highest BCUT2D eigenvalue weighted by Gasteiger charge is 2.19. The van der Waals surface area contributed by atoms with Gasteiger partial charge in [0.15, 0.2) is 0 Å². The molecule has 0 saturated carbocycles. The number of hydrogen-bond acceptors (Lipinski definition) is 2. The average molecular weight is 248 g/mol. The van der Waals surface area contributed by atoms with Crippen molar-refractivity contribution < 1.29 is 9.84 Å². The largest absolute Gasteiger partial charge is 0.390 e. The summed E-state index contributed by atoms with van der Waals surface area (Å²) in [5.74, 6) is 0. The third kappa shape index (κ3) is 3.12. The minimum Gasteiger partial charge on any atom is -0.390 e. The molecule has 0 heterocycles. The first kappa shape index (κ1) is 13.6. The maximum atomic E-state index is 10.2. The highest BCUT2D eigenvalue weighted by Crippen LogP contribution is 2.24. The van der Waals surface area contributed by atoms with Crippen LogP contribution in [0.3, 0.4) is 0 Å². The van der Waals surface area contributed by atoms with Crippen molar-refractivity contribution in [2.45, 2.75) is 57.7 Å². The van der Waals surface area contributed by atoms with Crippen LogP contribution in [0, 0.1) is 0 Å². The van der Waals surface area contributed by atoms with E-state index in [-0.39, 0.29) is 6.10 Å². The van der Waals surface area contributed by atoms with Crippen molar-refractivity contribution in [1.82, 2.24) is 0 Å². The van der Waals surface area contributed by atoms with Crippen LogP contribution in [0.4, 0.5) is 0 Å². The molecule has 0 aliphatic heterocycles. The van der Waals surface area contributed by atoms with Gasteiger partial charge in [-0.15, -0.1) is 0 Å². The van der Waals surface area contributed by atoms with Crippen molar-refractivity contribution >= 4 is 0 Å². The molecule has 1 aromatic rings. The van der Waals surface area contributed by atoms with Gasteiger partial charge in [-0.3, -0.25) is 0 Å². The molecule has 18 heavy (non-hydrogen) atoms. The Labute approximate surface area is 110 Å². The van der Waals surface area contributed by atoms with Crippen LogP contribution in [-0.4, -0.2) is 24.4 Å². The summed E-state index contributed by atoms with van der Waals surface area (Å²) in [5.41, 5.74) is 4.20. The van der Waals surface area contributed by atoms with Gasteiger partial charge < -0.3 is 9.84 Å². The van der Waals surface area contributed by atoms with Crippen LogP contribution in [0.15, 0.2) is 18.2 Å². The Balaban J connectivity index is 2.00. The standard InChI is InChI=1S/C16H24O2/c1-3-5-16(18-2)15(17)11-12-8-9-13-6-4-7-14(13)10-12/h8-10,15-17H,3-7,11H2,1-2H3. The number of methoxy groups -OCH3 is 1. The van der Waals surface area contributed by atoms with Crippen LogP contribution in [0.2, 0.25) is 0 Å². The molecule has 2 nitrogen and oxygen atoms in total. The second kappa shape index (κ2) is 6.35. The first-order valence-electron chi connectivity index (χ1n) is 7.06. The van der Waals surface area contributed by atoms with Crippen molar-refractivity contribution in [3.05, 3.63) is 34.9 Å². The Kier molecular flexibility index (Phi) is 4.79. The Morgan fingerprint density at radius 2 is 2.06 bits per heavy atom. The van der Waals surface area contributed by atoms with Gasteiger partial charge in [0, 0.05) is 13.5 Å². The van der Waals surface area contributed by atoms with E-state index in [1.54, 1.807) is 7.11 Å². The molecule has 0 bridgehead atoms. The first-order valence-corrected chi connectivity index (χ1v) is 7.06. The van der Waals surface area contributed by atoms with E-state index in [1.165, 1.54) is 36.0 Å². The minimum atomic E-state index is -0.394. The number of hydrogen-bond donors (Lipinski definition) is 1. The quantitative estimate of drug-likeness (QED) is 0.839. The molecule has 2 rings (SSSR count). The fraction of sp³-hybridized carbons (Fsp3) is 0.625. The molecule has 0 amide bonds. The van der Waals surface area contributed by atoms with Gasteiger partial charge in [0.1, 0.15) is 0 Å². The topological polar surface area (TPSA) is 29.5 Å². The van der Waals surface area contributed by atoms with Crippen LogP contribution in [0.5, 0.6) is 0 Å². The van der Waals surface area contributed by atoms with Gasteiger partial charge in [-0.25, -0.2) is 0 Å². The van der Waals surface area contributed by atoms with E-state index in [4.69, 9.17) is 4.74 Å². The second-order valence-electron chi connectivity index (χ2n) is 5.29. The summed E-state index contributed by atoms with van der Waals surface area (Å²) in [7, 11) is 1.69. The van der Waals surface area contributed by atoms with Crippen LogP contribution < -0.4 is 0 Å². The van der Waals surface area contributed by atoms with Crippen molar-refractivity contribution in [1.29, 1.82) is 0 Å². The lowest BCUT2D eigenvalue weighted by Crippen LogP contribution is -2.29. The minimum absolute atomic E-state index is 0.0387. The van der Waals surface area contributed by atoms with E-state index < -0.39 is 6.10 Å². The predicted molar refractivity (Wildman–Crippen MR) is 73.9 cm³/mol. The zero-order chi connectivity index (χ0) is 13.0. The summed E-state index contributed by atoms with van der Waals surface area (Å²) in [6, 6.07) is 6.66. The molecule has 0 aromatic heterocycles. The lowest BCUT2D eigenvalue weighted by Gasteiger charge is -2.21. The summed E-state index contributed by atoms with van der Waals surface area (Å²) >= 11 is 0. The van der Waals surface area contributed by atoms with Crippen molar-refractivity contribution in [3.8, 4) is 0 Å². The number of fused-ring (bicyclic) bond motifs is 1. The maximum absolute atomic E-state index is 10.2. The number of rotatable bonds is 6. The summed E-state index contributed by atoms with van der Waals surface area (Å²) in [6.07, 6.45) is 5.92. The lowest BCUT2D eigenvalue weighted by molar-refractivity contribution is -0.0159. The molecular formula is C16H24O2. The van der Waals surface area contributed by atoms with Crippen LogP contribution in [-0.2, 0) is 24.0 Å². The zero-order valence-corrected chi connectivity index (χ0v) is 11.5. The average Bonchev–Trinajstić information content (AvgIpc) is 2.83. The molecule has 0 saturated heterocycles. The van der Waals surface area contributed by atoms with Gasteiger partial charge >= 0.3 is 0 Å². The fourth-order valence-electron chi connectivity index (χ4n) is 2.88. The third-order valence-corrected chi connectivity index (χ3v) is 3.91.